The van der Waals surface area contributed by atoms with E-state index in [1.165, 1.54) is 6.07 Å². The number of rotatable bonds is 2. The van der Waals surface area contributed by atoms with Gasteiger partial charge in [0.05, 0.1) is 5.69 Å². The van der Waals surface area contributed by atoms with Gasteiger partial charge >= 0.3 is 5.97 Å². The average molecular weight is 216 g/mol. The van der Waals surface area contributed by atoms with Gasteiger partial charge < -0.3 is 5.11 Å². The molecule has 1 aromatic heterocycles. The number of hydrogen-bond acceptors (Lipinski definition) is 2. The SMILES string of the molecule is Cc1ccc(C)c(-n2ccc(C(=O)O)n2)c1. The van der Waals surface area contributed by atoms with E-state index >= 15 is 0 Å². The zero-order valence-corrected chi connectivity index (χ0v) is 9.14. The third kappa shape index (κ3) is 1.82. The summed E-state index contributed by atoms with van der Waals surface area (Å²) in [6.45, 7) is 3.96. The number of benzene rings is 1. The molecule has 0 amide bonds. The molecule has 1 heterocycles. The number of carboxylic acid groups (broad SMARTS) is 1. The molecule has 0 aliphatic rings. The Balaban J connectivity index is 2.50. The highest BCUT2D eigenvalue weighted by Gasteiger charge is 2.08. The molecule has 82 valence electrons. The molecule has 16 heavy (non-hydrogen) atoms. The summed E-state index contributed by atoms with van der Waals surface area (Å²) >= 11 is 0. The van der Waals surface area contributed by atoms with Crippen molar-refractivity contribution in [2.45, 2.75) is 13.8 Å². The zero-order chi connectivity index (χ0) is 11.7. The molecule has 0 spiro atoms. The summed E-state index contributed by atoms with van der Waals surface area (Å²) in [4.78, 5) is 10.7. The third-order valence-corrected chi connectivity index (χ3v) is 2.42. The Kier molecular flexibility index (Phi) is 2.48. The molecule has 0 aliphatic carbocycles. The molecule has 0 unspecified atom stereocenters. The summed E-state index contributed by atoms with van der Waals surface area (Å²) in [5.41, 5.74) is 3.15. The molecule has 2 rings (SSSR count). The van der Waals surface area contributed by atoms with Crippen LogP contribution in [0.4, 0.5) is 0 Å². The average Bonchev–Trinajstić information content (AvgIpc) is 2.70. The molecular formula is C12H12N2O2. The largest absolute Gasteiger partial charge is 0.476 e. The molecule has 0 aliphatic heterocycles. The first-order chi connectivity index (χ1) is 7.58. The fourth-order valence-corrected chi connectivity index (χ4v) is 1.54. The normalized spacial score (nSPS) is 10.4. The zero-order valence-electron chi connectivity index (χ0n) is 9.14. The molecule has 0 saturated heterocycles. The number of carbonyl (C=O) groups is 1. The molecule has 4 nitrogen and oxygen atoms in total. The maximum atomic E-state index is 10.7. The molecule has 0 radical (unpaired) electrons. The van der Waals surface area contributed by atoms with Crippen LogP contribution in [0, 0.1) is 13.8 Å². The number of nitrogens with zero attached hydrogens (tertiary/aromatic N) is 2. The summed E-state index contributed by atoms with van der Waals surface area (Å²) < 4.78 is 1.59. The van der Waals surface area contributed by atoms with Crippen molar-refractivity contribution >= 4 is 5.97 Å². The quantitative estimate of drug-likeness (QED) is 0.837. The first-order valence-corrected chi connectivity index (χ1v) is 4.94. The van der Waals surface area contributed by atoms with Crippen LogP contribution in [0.25, 0.3) is 5.69 Å². The van der Waals surface area contributed by atoms with E-state index in [0.29, 0.717) is 0 Å². The van der Waals surface area contributed by atoms with Crippen LogP contribution in [0.1, 0.15) is 21.6 Å². The van der Waals surface area contributed by atoms with Crippen molar-refractivity contribution in [3.05, 3.63) is 47.3 Å². The van der Waals surface area contributed by atoms with E-state index in [2.05, 4.69) is 5.10 Å². The Bertz CT molecular complexity index is 544. The van der Waals surface area contributed by atoms with Crippen molar-refractivity contribution < 1.29 is 9.90 Å². The molecule has 0 fully saturated rings. The van der Waals surface area contributed by atoms with Gasteiger partial charge in [-0.1, -0.05) is 12.1 Å². The number of carboxylic acids is 1. The van der Waals surface area contributed by atoms with Crippen LogP contribution in [0.5, 0.6) is 0 Å². The van der Waals surface area contributed by atoms with E-state index in [-0.39, 0.29) is 5.69 Å². The van der Waals surface area contributed by atoms with E-state index in [4.69, 9.17) is 5.11 Å². The van der Waals surface area contributed by atoms with Gasteiger partial charge in [-0.25, -0.2) is 9.48 Å². The molecule has 1 N–H and O–H groups in total. The van der Waals surface area contributed by atoms with Crippen LogP contribution in [-0.4, -0.2) is 20.9 Å². The Hall–Kier alpha value is -2.10. The number of aromatic carboxylic acids is 1. The van der Waals surface area contributed by atoms with Crippen molar-refractivity contribution in [2.24, 2.45) is 0 Å². The fourth-order valence-electron chi connectivity index (χ4n) is 1.54. The van der Waals surface area contributed by atoms with Gasteiger partial charge in [0.2, 0.25) is 0 Å². The van der Waals surface area contributed by atoms with Crippen molar-refractivity contribution in [3.63, 3.8) is 0 Å². The maximum Gasteiger partial charge on any atom is 0.356 e. The first kappa shape index (κ1) is 10.4. The van der Waals surface area contributed by atoms with Crippen LogP contribution >= 0.6 is 0 Å². The molecule has 4 heteroatoms. The second kappa shape index (κ2) is 3.81. The monoisotopic (exact) mass is 216 g/mol. The van der Waals surface area contributed by atoms with Crippen LogP contribution in [0.2, 0.25) is 0 Å². The molecule has 2 aromatic rings. The van der Waals surface area contributed by atoms with Crippen LogP contribution < -0.4 is 0 Å². The number of aromatic nitrogens is 2. The van der Waals surface area contributed by atoms with Gasteiger partial charge in [0.15, 0.2) is 5.69 Å². The Morgan fingerprint density at radius 2 is 2.06 bits per heavy atom. The summed E-state index contributed by atoms with van der Waals surface area (Å²) in [6, 6.07) is 7.48. The van der Waals surface area contributed by atoms with Crippen LogP contribution in [0.3, 0.4) is 0 Å². The predicted molar refractivity (Wildman–Crippen MR) is 60.0 cm³/mol. The summed E-state index contributed by atoms with van der Waals surface area (Å²) in [6.07, 6.45) is 1.66. The molecule has 0 atom stereocenters. The van der Waals surface area contributed by atoms with Gasteiger partial charge in [-0.05, 0) is 37.1 Å². The Labute approximate surface area is 93.1 Å². The standard InChI is InChI=1S/C12H12N2O2/c1-8-3-4-9(2)11(7-8)14-6-5-10(13-14)12(15)16/h3-7H,1-2H3,(H,15,16). The molecular weight excluding hydrogens is 204 g/mol. The number of hydrogen-bond donors (Lipinski definition) is 1. The first-order valence-electron chi connectivity index (χ1n) is 4.94. The molecule has 0 bridgehead atoms. The van der Waals surface area contributed by atoms with Crippen molar-refractivity contribution in [2.75, 3.05) is 0 Å². The van der Waals surface area contributed by atoms with E-state index in [1.54, 1.807) is 10.9 Å². The third-order valence-electron chi connectivity index (χ3n) is 2.42. The minimum Gasteiger partial charge on any atom is -0.476 e. The van der Waals surface area contributed by atoms with E-state index in [0.717, 1.165) is 16.8 Å². The summed E-state index contributed by atoms with van der Waals surface area (Å²) in [5.74, 6) is -1.01. The van der Waals surface area contributed by atoms with Gasteiger partial charge in [0.25, 0.3) is 0 Å². The lowest BCUT2D eigenvalue weighted by Crippen LogP contribution is -2.02. The highest BCUT2D eigenvalue weighted by atomic mass is 16.4. The Morgan fingerprint density at radius 1 is 1.31 bits per heavy atom. The second-order valence-corrected chi connectivity index (χ2v) is 3.74. The minimum absolute atomic E-state index is 0.0564. The minimum atomic E-state index is -1.01. The highest BCUT2D eigenvalue weighted by molar-refractivity contribution is 5.85. The predicted octanol–water partition coefficient (Wildman–Crippen LogP) is 2.19. The van der Waals surface area contributed by atoms with Gasteiger partial charge in [-0.2, -0.15) is 5.10 Å². The molecule has 0 saturated carbocycles. The topological polar surface area (TPSA) is 55.1 Å². The fraction of sp³-hybridized carbons (Fsp3) is 0.167. The summed E-state index contributed by atoms with van der Waals surface area (Å²) in [7, 11) is 0. The van der Waals surface area contributed by atoms with E-state index in [1.807, 2.05) is 32.0 Å². The number of aryl methyl sites for hydroxylation is 2. The summed E-state index contributed by atoms with van der Waals surface area (Å²) in [5, 5.41) is 12.8. The molecule has 1 aromatic carbocycles. The van der Waals surface area contributed by atoms with Gasteiger partial charge in [-0.3, -0.25) is 0 Å². The van der Waals surface area contributed by atoms with Gasteiger partial charge in [0, 0.05) is 6.20 Å². The van der Waals surface area contributed by atoms with E-state index in [9.17, 15) is 4.79 Å². The second-order valence-electron chi connectivity index (χ2n) is 3.74. The lowest BCUT2D eigenvalue weighted by atomic mass is 10.1. The lowest BCUT2D eigenvalue weighted by Gasteiger charge is -2.06. The van der Waals surface area contributed by atoms with Crippen molar-refractivity contribution in [3.8, 4) is 5.69 Å². The van der Waals surface area contributed by atoms with Gasteiger partial charge in [-0.15, -0.1) is 0 Å². The van der Waals surface area contributed by atoms with Crippen LogP contribution in [-0.2, 0) is 0 Å². The van der Waals surface area contributed by atoms with Crippen molar-refractivity contribution in [1.82, 2.24) is 9.78 Å². The van der Waals surface area contributed by atoms with Crippen molar-refractivity contribution in [1.29, 1.82) is 0 Å². The Morgan fingerprint density at radius 3 is 2.69 bits per heavy atom. The highest BCUT2D eigenvalue weighted by Crippen LogP contribution is 2.15. The lowest BCUT2D eigenvalue weighted by molar-refractivity contribution is 0.0690. The van der Waals surface area contributed by atoms with Gasteiger partial charge in [0.1, 0.15) is 0 Å². The smallest absolute Gasteiger partial charge is 0.356 e. The van der Waals surface area contributed by atoms with Crippen LogP contribution in [0.15, 0.2) is 30.5 Å². The van der Waals surface area contributed by atoms with E-state index < -0.39 is 5.97 Å². The maximum absolute atomic E-state index is 10.7.